The van der Waals surface area contributed by atoms with Gasteiger partial charge in [-0.25, -0.2) is 0 Å². The van der Waals surface area contributed by atoms with E-state index in [-0.39, 0.29) is 35.0 Å². The minimum absolute atomic E-state index is 0.0202. The van der Waals surface area contributed by atoms with Gasteiger partial charge in [-0.15, -0.1) is 0 Å². The zero-order valence-corrected chi connectivity index (χ0v) is 26.6. The highest BCUT2D eigenvalue weighted by molar-refractivity contribution is 6.12. The van der Waals surface area contributed by atoms with Gasteiger partial charge in [0.1, 0.15) is 77.7 Å². The molecule has 12 nitrogen and oxygen atoms in total. The molecule has 1 fully saturated rings. The van der Waals surface area contributed by atoms with Crippen LogP contribution in [0.5, 0.6) is 34.5 Å². The minimum Gasteiger partial charge on any atom is -0.497 e. The topological polar surface area (TPSA) is 163 Å². The standard InChI is InChI=1S/C36H38O12/c1-42-24-10-4-21(5-11-24)19-45-26-14-8-23(9-15-26)32(38)31-28(46-20-22-6-12-25(43-2)13-7-22)16-27(44-3)17-29(31)47-36-35(41)34(40)33(39)30(18-37)48-36/h4-17,30,33-37,39-41H,18-20H2,1-3H3/t30-,33-,34+,35-,36-/m1/s1. The molecule has 0 spiro atoms. The molecule has 12 heteroatoms. The third kappa shape index (κ3) is 7.98. The van der Waals surface area contributed by atoms with Crippen molar-refractivity contribution in [1.82, 2.24) is 0 Å². The lowest BCUT2D eigenvalue weighted by molar-refractivity contribution is -0.277. The van der Waals surface area contributed by atoms with E-state index in [0.29, 0.717) is 18.1 Å². The molecule has 0 unspecified atom stereocenters. The van der Waals surface area contributed by atoms with Gasteiger partial charge < -0.3 is 53.6 Å². The number of aliphatic hydroxyl groups excluding tert-OH is 4. The highest BCUT2D eigenvalue weighted by Gasteiger charge is 2.45. The molecule has 1 aliphatic rings. The van der Waals surface area contributed by atoms with E-state index in [2.05, 4.69) is 0 Å². The van der Waals surface area contributed by atoms with Crippen LogP contribution in [0, 0.1) is 0 Å². The van der Waals surface area contributed by atoms with Gasteiger partial charge in [-0.3, -0.25) is 4.79 Å². The van der Waals surface area contributed by atoms with Gasteiger partial charge in [-0.05, 0) is 59.7 Å². The van der Waals surface area contributed by atoms with Gasteiger partial charge in [0.15, 0.2) is 0 Å². The molecular weight excluding hydrogens is 624 g/mol. The van der Waals surface area contributed by atoms with Crippen LogP contribution in [0.4, 0.5) is 0 Å². The first kappa shape index (κ1) is 34.5. The van der Waals surface area contributed by atoms with Crippen LogP contribution in [0.2, 0.25) is 0 Å². The molecule has 4 aromatic carbocycles. The molecule has 1 heterocycles. The number of hydrogen-bond acceptors (Lipinski definition) is 12. The third-order valence-electron chi connectivity index (χ3n) is 7.83. The van der Waals surface area contributed by atoms with E-state index in [1.165, 1.54) is 19.2 Å². The Kier molecular flexibility index (Phi) is 11.4. The molecule has 0 aromatic heterocycles. The molecule has 48 heavy (non-hydrogen) atoms. The van der Waals surface area contributed by atoms with Crippen molar-refractivity contribution in [2.75, 3.05) is 27.9 Å². The molecule has 0 radical (unpaired) electrons. The van der Waals surface area contributed by atoms with Crippen molar-refractivity contribution >= 4 is 5.78 Å². The Hall–Kier alpha value is -4.85. The van der Waals surface area contributed by atoms with E-state index in [1.54, 1.807) is 50.6 Å². The number of carbonyl (C=O) groups is 1. The molecule has 0 bridgehead atoms. The number of rotatable bonds is 14. The summed E-state index contributed by atoms with van der Waals surface area (Å²) < 4.78 is 39.5. The number of benzene rings is 4. The Morgan fingerprint density at radius 2 is 1.17 bits per heavy atom. The molecule has 254 valence electrons. The molecule has 5 rings (SSSR count). The molecule has 5 atom stereocenters. The van der Waals surface area contributed by atoms with Gasteiger partial charge in [0.25, 0.3) is 0 Å². The summed E-state index contributed by atoms with van der Waals surface area (Å²) in [5.74, 6) is 1.72. The average molecular weight is 663 g/mol. The second kappa shape index (κ2) is 15.8. The maximum atomic E-state index is 14.2. The summed E-state index contributed by atoms with van der Waals surface area (Å²) in [6.45, 7) is -0.289. The largest absolute Gasteiger partial charge is 0.497 e. The Morgan fingerprint density at radius 1 is 0.646 bits per heavy atom. The first-order valence-corrected chi connectivity index (χ1v) is 15.1. The van der Waals surface area contributed by atoms with Crippen LogP contribution in [-0.4, -0.2) is 84.9 Å². The SMILES string of the molecule is COc1ccc(COc2ccc(C(=O)c3c(OCc4ccc(OC)cc4)cc(OC)cc3O[C@@H]3O[C@H](CO)[C@@H](O)[C@H](O)[C@H]3O)cc2)cc1. The van der Waals surface area contributed by atoms with Gasteiger partial charge in [0, 0.05) is 17.7 Å². The number of carbonyl (C=O) groups excluding carboxylic acids is 1. The molecule has 0 aliphatic carbocycles. The summed E-state index contributed by atoms with van der Waals surface area (Å²) in [6.07, 6.45) is -7.80. The summed E-state index contributed by atoms with van der Waals surface area (Å²) >= 11 is 0. The lowest BCUT2D eigenvalue weighted by atomic mass is 9.98. The third-order valence-corrected chi connectivity index (χ3v) is 7.83. The molecule has 0 saturated carbocycles. The summed E-state index contributed by atoms with van der Waals surface area (Å²) in [4.78, 5) is 14.2. The van der Waals surface area contributed by atoms with E-state index in [1.807, 2.05) is 36.4 Å². The fourth-order valence-electron chi connectivity index (χ4n) is 5.02. The van der Waals surface area contributed by atoms with Gasteiger partial charge >= 0.3 is 0 Å². The number of aliphatic hydroxyl groups is 4. The predicted octanol–water partition coefficient (Wildman–Crippen LogP) is 3.28. The first-order chi connectivity index (χ1) is 23.2. The Morgan fingerprint density at radius 3 is 1.71 bits per heavy atom. The zero-order valence-electron chi connectivity index (χ0n) is 26.6. The van der Waals surface area contributed by atoms with Crippen LogP contribution >= 0.6 is 0 Å². The van der Waals surface area contributed by atoms with Gasteiger partial charge in [0.05, 0.1) is 27.9 Å². The Labute approximate surface area is 277 Å². The van der Waals surface area contributed by atoms with E-state index in [0.717, 1.165) is 16.9 Å². The first-order valence-electron chi connectivity index (χ1n) is 15.1. The predicted molar refractivity (Wildman–Crippen MR) is 172 cm³/mol. The molecule has 0 amide bonds. The fraction of sp³-hybridized carbons (Fsp3) is 0.306. The van der Waals surface area contributed by atoms with Crippen molar-refractivity contribution in [3.8, 4) is 34.5 Å². The highest BCUT2D eigenvalue weighted by atomic mass is 16.7. The van der Waals surface area contributed by atoms with Gasteiger partial charge in [-0.1, -0.05) is 24.3 Å². The molecule has 4 N–H and O–H groups in total. The number of methoxy groups -OCH3 is 3. The van der Waals surface area contributed by atoms with Crippen LogP contribution in [-0.2, 0) is 18.0 Å². The smallest absolute Gasteiger partial charge is 0.229 e. The van der Waals surface area contributed by atoms with Crippen LogP contribution < -0.4 is 28.4 Å². The lowest BCUT2D eigenvalue weighted by Crippen LogP contribution is -2.60. The van der Waals surface area contributed by atoms with Crippen molar-refractivity contribution in [2.24, 2.45) is 0 Å². The normalized spacial score (nSPS) is 20.4. The van der Waals surface area contributed by atoms with Gasteiger partial charge in [0.2, 0.25) is 12.1 Å². The van der Waals surface area contributed by atoms with Crippen LogP contribution in [0.1, 0.15) is 27.0 Å². The molecule has 1 aliphatic heterocycles. The Bertz CT molecular complexity index is 1640. The monoisotopic (exact) mass is 662 g/mol. The van der Waals surface area contributed by atoms with Crippen molar-refractivity contribution in [3.63, 3.8) is 0 Å². The maximum Gasteiger partial charge on any atom is 0.229 e. The second-order valence-corrected chi connectivity index (χ2v) is 10.9. The average Bonchev–Trinajstić information content (AvgIpc) is 3.13. The molecule has 1 saturated heterocycles. The van der Waals surface area contributed by atoms with Crippen molar-refractivity contribution in [1.29, 1.82) is 0 Å². The number of ketones is 1. The lowest BCUT2D eigenvalue weighted by Gasteiger charge is -2.39. The zero-order chi connectivity index (χ0) is 34.2. The molecular formula is C36H38O12. The second-order valence-electron chi connectivity index (χ2n) is 10.9. The van der Waals surface area contributed by atoms with Crippen molar-refractivity contribution in [3.05, 3.63) is 107 Å². The fourth-order valence-corrected chi connectivity index (χ4v) is 5.02. The quantitative estimate of drug-likeness (QED) is 0.146. The maximum absolute atomic E-state index is 14.2. The van der Waals surface area contributed by atoms with E-state index >= 15 is 0 Å². The van der Waals surface area contributed by atoms with Gasteiger partial charge in [-0.2, -0.15) is 0 Å². The summed E-state index contributed by atoms with van der Waals surface area (Å²) in [6, 6.07) is 24.1. The van der Waals surface area contributed by atoms with Crippen molar-refractivity contribution < 1.29 is 58.4 Å². The van der Waals surface area contributed by atoms with Crippen LogP contribution in [0.15, 0.2) is 84.9 Å². The van der Waals surface area contributed by atoms with Crippen molar-refractivity contribution in [2.45, 2.75) is 43.9 Å². The van der Waals surface area contributed by atoms with E-state index < -0.39 is 43.1 Å². The van der Waals surface area contributed by atoms with E-state index in [9.17, 15) is 25.2 Å². The number of ether oxygens (including phenoxy) is 7. The summed E-state index contributed by atoms with van der Waals surface area (Å²) in [5, 5.41) is 41.0. The summed E-state index contributed by atoms with van der Waals surface area (Å²) in [5.41, 5.74) is 1.97. The molecule has 4 aromatic rings. The minimum atomic E-state index is -1.72. The highest BCUT2D eigenvalue weighted by Crippen LogP contribution is 2.38. The summed E-state index contributed by atoms with van der Waals surface area (Å²) in [7, 11) is 4.59. The van der Waals surface area contributed by atoms with Crippen LogP contribution in [0.3, 0.4) is 0 Å². The Balaban J connectivity index is 1.45. The van der Waals surface area contributed by atoms with Crippen LogP contribution in [0.25, 0.3) is 0 Å². The van der Waals surface area contributed by atoms with E-state index in [4.69, 9.17) is 33.2 Å². The number of hydrogen-bond donors (Lipinski definition) is 4.